The van der Waals surface area contributed by atoms with E-state index in [1.54, 1.807) is 98.8 Å². The second-order valence-corrected chi connectivity index (χ2v) is 23.5. The van der Waals surface area contributed by atoms with Crippen LogP contribution in [0.5, 0.6) is 11.5 Å². The van der Waals surface area contributed by atoms with E-state index in [-0.39, 0.29) is 41.3 Å². The van der Waals surface area contributed by atoms with Crippen LogP contribution in [0.4, 0.5) is 0 Å². The van der Waals surface area contributed by atoms with Crippen molar-refractivity contribution in [3.8, 4) is 11.5 Å². The number of imide groups is 1. The van der Waals surface area contributed by atoms with E-state index in [0.29, 0.717) is 37.6 Å². The maximum atomic E-state index is 11.7. The Bertz CT molecular complexity index is 2690. The van der Waals surface area contributed by atoms with E-state index in [9.17, 15) is 33.6 Å². The smallest absolute Gasteiger partial charge is 0.340 e. The Morgan fingerprint density at radius 1 is 0.575 bits per heavy atom. The average molecular weight is 1070 g/mol. The Balaban J connectivity index is 0.000000313. The molecular formula is C54H69Cl2N5O11S. The number of para-hydroxylation sites is 1. The Morgan fingerprint density at radius 3 is 1.56 bits per heavy atom. The van der Waals surface area contributed by atoms with Gasteiger partial charge < -0.3 is 19.1 Å². The third-order valence-corrected chi connectivity index (χ3v) is 11.2. The van der Waals surface area contributed by atoms with Gasteiger partial charge in [-0.2, -0.15) is 0 Å². The van der Waals surface area contributed by atoms with Crippen LogP contribution in [-0.4, -0.2) is 66.0 Å². The van der Waals surface area contributed by atoms with Gasteiger partial charge in [-0.3, -0.25) is 24.0 Å². The summed E-state index contributed by atoms with van der Waals surface area (Å²) in [6, 6.07) is 23.5. The van der Waals surface area contributed by atoms with E-state index in [1.807, 2.05) is 104 Å². The van der Waals surface area contributed by atoms with Crippen molar-refractivity contribution in [3.05, 3.63) is 106 Å². The number of aromatic nitrogens is 4. The van der Waals surface area contributed by atoms with Crippen LogP contribution in [-0.2, 0) is 38.4 Å². The van der Waals surface area contributed by atoms with E-state index in [4.69, 9.17) is 42.4 Å². The zero-order valence-electron chi connectivity index (χ0n) is 44.9. The highest BCUT2D eigenvalue weighted by atomic mass is 35.5. The Labute approximate surface area is 443 Å². The summed E-state index contributed by atoms with van der Waals surface area (Å²) in [6.45, 7) is 30.7. The highest BCUT2D eigenvalue weighted by Gasteiger charge is 2.36. The quantitative estimate of drug-likeness (QED) is 0.0528. The van der Waals surface area contributed by atoms with Gasteiger partial charge in [0, 0.05) is 35.5 Å². The summed E-state index contributed by atoms with van der Waals surface area (Å²) >= 11 is 13.1. The first-order chi connectivity index (χ1) is 33.4. The van der Waals surface area contributed by atoms with Crippen molar-refractivity contribution in [2.45, 2.75) is 136 Å². The van der Waals surface area contributed by atoms with Crippen LogP contribution in [0.2, 0.25) is 10.0 Å². The van der Waals surface area contributed by atoms with E-state index in [0.717, 1.165) is 21.0 Å². The summed E-state index contributed by atoms with van der Waals surface area (Å²) in [5.41, 5.74) is 0.774. The number of esters is 2. The number of hydrogen-bond donors (Lipinski definition) is 0. The maximum absolute atomic E-state index is 11.7. The Morgan fingerprint density at radius 2 is 1.07 bits per heavy atom. The largest absolute Gasteiger partial charge is 0.426 e. The van der Waals surface area contributed by atoms with E-state index >= 15 is 0 Å². The summed E-state index contributed by atoms with van der Waals surface area (Å²) in [5, 5.41) is 10.1. The van der Waals surface area contributed by atoms with Crippen LogP contribution in [0.25, 0.3) is 11.0 Å². The highest BCUT2D eigenvalue weighted by Crippen LogP contribution is 2.32. The zero-order chi connectivity index (χ0) is 55.9. The number of hydrogen-bond acceptors (Lipinski definition) is 15. The first-order valence-electron chi connectivity index (χ1n) is 23.1. The topological polar surface area (TPSA) is 203 Å². The van der Waals surface area contributed by atoms with Crippen molar-refractivity contribution < 1.29 is 52.7 Å². The van der Waals surface area contributed by atoms with Crippen molar-refractivity contribution in [1.29, 1.82) is 0 Å². The number of fused-ring (bicyclic) bond motifs is 1. The van der Waals surface area contributed by atoms with Crippen molar-refractivity contribution >= 4 is 86.8 Å². The highest BCUT2D eigenvalue weighted by molar-refractivity contribution is 8.13. The fourth-order valence-corrected chi connectivity index (χ4v) is 5.66. The minimum absolute atomic E-state index is 0.121. The number of benzene rings is 3. The minimum Gasteiger partial charge on any atom is -0.426 e. The summed E-state index contributed by atoms with van der Waals surface area (Å²) in [4.78, 5) is 94.9. The van der Waals surface area contributed by atoms with Crippen LogP contribution in [0.1, 0.15) is 128 Å². The van der Waals surface area contributed by atoms with Gasteiger partial charge in [-0.05, 0) is 162 Å². The van der Waals surface area contributed by atoms with Gasteiger partial charge >= 0.3 is 23.9 Å². The summed E-state index contributed by atoms with van der Waals surface area (Å²) in [7, 11) is 0. The number of ether oxygens (including phenoxy) is 2. The molecule has 0 atom stereocenters. The molecule has 2 aromatic heterocycles. The van der Waals surface area contributed by atoms with Crippen LogP contribution in [0.3, 0.4) is 0 Å². The van der Waals surface area contributed by atoms with E-state index in [1.165, 1.54) is 11.8 Å². The molecule has 3 heterocycles. The number of hydroxylamine groups is 2. The number of aryl methyl sites for hydroxylation is 2. The van der Waals surface area contributed by atoms with Crippen molar-refractivity contribution in [2.75, 3.05) is 0 Å². The van der Waals surface area contributed by atoms with E-state index < -0.39 is 39.4 Å². The number of nitrogens with zero attached hydrogens (tertiary/aromatic N) is 5. The molecule has 1 saturated heterocycles. The van der Waals surface area contributed by atoms with Crippen molar-refractivity contribution in [3.63, 3.8) is 0 Å². The SMILES string of the molecule is CC(C)(C)C(=O)ON1C(=O)CCC1=O.CC(C)(C)C(=O)On1nnc2ccccc21.CC(C)(C)C(=O)Sc1ccccn1.Cc1cc(Cl)c(OC(=O)C(C)(C)C)cc1Cl.Cc1ccc(OC(=O)C(C)(C)C)cc1. The average Bonchev–Trinajstić information content (AvgIpc) is 3.83. The second-order valence-electron chi connectivity index (χ2n) is 21.7. The fourth-order valence-electron chi connectivity index (χ4n) is 4.49. The zero-order valence-corrected chi connectivity index (χ0v) is 47.2. The predicted molar refractivity (Wildman–Crippen MR) is 282 cm³/mol. The number of amides is 2. The molecule has 1 fully saturated rings. The van der Waals surface area contributed by atoms with Crippen LogP contribution in [0, 0.1) is 40.9 Å². The molecule has 0 aliphatic carbocycles. The number of carbonyl (C=O) groups is 7. The van der Waals surface area contributed by atoms with Gasteiger partial charge in [0.2, 0.25) is 0 Å². The molecule has 2 amide bonds. The standard InChI is InChI=1S/C12H14Cl2O2.C12H16O2.C11H13N3O2.C10H13NOS.C9H13NO4/c1-7-5-9(14)10(6-8(7)13)16-11(15)12(2,3)4;1-9-5-7-10(8-6-9)14-11(13)12(2,3)4;1-11(2,3)10(15)16-14-9-7-5-4-6-8(9)12-13-14;1-10(2,3)9(12)13-8-6-4-5-7-11-8;1-9(2,3)8(13)14-10-6(11)4-5-7(10)12/h5-6H,1-4H3;5-8H,1-4H3;4-7H,1-3H3;4-7H,1-3H3;4-5H2,1-3H3. The van der Waals surface area contributed by atoms with Gasteiger partial charge in [0.1, 0.15) is 21.8 Å². The lowest BCUT2D eigenvalue weighted by molar-refractivity contribution is -0.203. The molecular weight excluding hydrogens is 998 g/mol. The molecule has 0 N–H and O–H groups in total. The third-order valence-electron chi connectivity index (χ3n) is 9.22. The molecule has 0 unspecified atom stereocenters. The fraction of sp³-hybridized carbons (Fsp3) is 0.444. The molecule has 73 heavy (non-hydrogen) atoms. The van der Waals surface area contributed by atoms with Crippen LogP contribution in [0.15, 0.2) is 90.1 Å². The van der Waals surface area contributed by atoms with Gasteiger partial charge in [-0.25, -0.2) is 14.6 Å². The molecule has 0 saturated carbocycles. The van der Waals surface area contributed by atoms with Crippen LogP contribution < -0.4 is 14.3 Å². The molecule has 0 spiro atoms. The number of rotatable bonds is 5. The molecule has 5 aromatic rings. The summed E-state index contributed by atoms with van der Waals surface area (Å²) in [6.07, 6.45) is 1.94. The molecule has 396 valence electrons. The van der Waals surface area contributed by atoms with Gasteiger partial charge in [0.25, 0.3) is 11.8 Å². The minimum atomic E-state index is -0.719. The Hall–Kier alpha value is -6.17. The monoisotopic (exact) mass is 1070 g/mol. The summed E-state index contributed by atoms with van der Waals surface area (Å²) < 4.78 is 10.4. The van der Waals surface area contributed by atoms with Crippen LogP contribution >= 0.6 is 35.0 Å². The first kappa shape index (κ1) is 62.9. The number of pyridine rings is 1. The normalized spacial score (nSPS) is 12.6. The second kappa shape index (κ2) is 26.7. The predicted octanol–water partition coefficient (Wildman–Crippen LogP) is 12.0. The van der Waals surface area contributed by atoms with Crippen molar-refractivity contribution in [2.24, 2.45) is 27.1 Å². The van der Waals surface area contributed by atoms with E-state index in [2.05, 4.69) is 15.3 Å². The third kappa shape index (κ3) is 21.8. The van der Waals surface area contributed by atoms with Crippen molar-refractivity contribution in [1.82, 2.24) is 25.2 Å². The molecule has 6 rings (SSSR count). The van der Waals surface area contributed by atoms with Gasteiger partial charge in [0.05, 0.1) is 26.7 Å². The van der Waals surface area contributed by atoms with Gasteiger partial charge in [-0.1, -0.05) is 84.7 Å². The number of halogens is 2. The van der Waals surface area contributed by atoms with Gasteiger partial charge in [0.15, 0.2) is 10.9 Å². The Kier molecular flexibility index (Phi) is 23.0. The lowest BCUT2D eigenvalue weighted by Crippen LogP contribution is -2.36. The maximum Gasteiger partial charge on any atom is 0.340 e. The lowest BCUT2D eigenvalue weighted by Gasteiger charge is -2.19. The molecule has 0 radical (unpaired) electrons. The molecule has 16 nitrogen and oxygen atoms in total. The van der Waals surface area contributed by atoms with Gasteiger partial charge in [-0.15, -0.1) is 10.2 Å². The molecule has 1 aliphatic rings. The molecule has 0 bridgehead atoms. The molecule has 1 aliphatic heterocycles. The number of carbonyl (C=O) groups excluding carboxylic acids is 7. The molecule has 3 aromatic carbocycles. The lowest BCUT2D eigenvalue weighted by atomic mass is 9.97. The first-order valence-corrected chi connectivity index (χ1v) is 24.7. The summed E-state index contributed by atoms with van der Waals surface area (Å²) in [5.74, 6) is -1.46. The number of thioether (sulfide) groups is 1. The molecule has 19 heteroatoms.